The number of pyridine rings is 3. The molecule has 1 amide bonds. The smallest absolute Gasteiger partial charge is 0.355 e. The highest BCUT2D eigenvalue weighted by atomic mass is 16.5. The summed E-state index contributed by atoms with van der Waals surface area (Å²) in [7, 11) is 4.58. The van der Waals surface area contributed by atoms with Crippen LogP contribution in [0.5, 0.6) is 0 Å². The quantitative estimate of drug-likeness (QED) is 0.428. The molecule has 3 aromatic heterocycles. The van der Waals surface area contributed by atoms with Gasteiger partial charge < -0.3 is 9.64 Å². The largest absolute Gasteiger partial charge is 0.464 e. The predicted octanol–water partition coefficient (Wildman–Crippen LogP) is 3.17. The van der Waals surface area contributed by atoms with Crippen molar-refractivity contribution < 1.29 is 14.3 Å². The number of aryl methyl sites for hydroxylation is 1. The van der Waals surface area contributed by atoms with E-state index in [0.717, 1.165) is 0 Å². The van der Waals surface area contributed by atoms with Crippen molar-refractivity contribution in [2.45, 2.75) is 13.3 Å². The van der Waals surface area contributed by atoms with Crippen molar-refractivity contribution in [3.8, 4) is 5.69 Å². The Morgan fingerprint density at radius 1 is 1.03 bits per heavy atom. The Morgan fingerprint density at radius 2 is 1.76 bits per heavy atom. The lowest BCUT2D eigenvalue weighted by Gasteiger charge is -2.19. The van der Waals surface area contributed by atoms with Gasteiger partial charge in [0.1, 0.15) is 17.0 Å². The fourth-order valence-corrected chi connectivity index (χ4v) is 3.79. The number of benzene rings is 1. The first kappa shape index (κ1) is 22.8. The molecule has 8 heteroatoms. The molecular weight excluding hydrogens is 432 g/mol. The van der Waals surface area contributed by atoms with Crippen LogP contribution in [0.2, 0.25) is 0 Å². The highest BCUT2D eigenvalue weighted by Gasteiger charge is 2.25. The number of fused-ring (bicyclic) bond motifs is 1. The van der Waals surface area contributed by atoms with Crippen LogP contribution in [0, 0.1) is 6.92 Å². The van der Waals surface area contributed by atoms with E-state index in [4.69, 9.17) is 4.74 Å². The third kappa shape index (κ3) is 4.17. The summed E-state index contributed by atoms with van der Waals surface area (Å²) in [5, 5.41) is 0.393. The van der Waals surface area contributed by atoms with Crippen molar-refractivity contribution in [2.75, 3.05) is 21.2 Å². The van der Waals surface area contributed by atoms with Crippen LogP contribution in [0.4, 0.5) is 0 Å². The van der Waals surface area contributed by atoms with Crippen molar-refractivity contribution in [1.29, 1.82) is 0 Å². The molecule has 172 valence electrons. The summed E-state index contributed by atoms with van der Waals surface area (Å²) in [6, 6.07) is 16.1. The molecule has 4 rings (SSSR count). The monoisotopic (exact) mass is 456 g/mol. The first-order valence-corrected chi connectivity index (χ1v) is 10.7. The topological polar surface area (TPSA) is 94.4 Å². The predicted molar refractivity (Wildman–Crippen MR) is 128 cm³/mol. The molecule has 0 aliphatic rings. The van der Waals surface area contributed by atoms with E-state index in [1.54, 1.807) is 49.1 Å². The molecule has 0 fully saturated rings. The Bertz CT molecular complexity index is 1440. The molecule has 3 heterocycles. The molecule has 0 saturated carbocycles. The minimum atomic E-state index is -0.645. The minimum Gasteiger partial charge on any atom is -0.464 e. The van der Waals surface area contributed by atoms with Crippen molar-refractivity contribution in [3.05, 3.63) is 99.2 Å². The van der Waals surface area contributed by atoms with E-state index in [2.05, 4.69) is 9.97 Å². The second-order valence-corrected chi connectivity index (χ2v) is 8.07. The highest BCUT2D eigenvalue weighted by molar-refractivity contribution is 5.94. The Hall–Kier alpha value is -4.33. The van der Waals surface area contributed by atoms with Gasteiger partial charge in [0.2, 0.25) is 0 Å². The standard InChI is InChI=1S/C26H24N4O4/c1-16-10-12-19-23(31)20(14-17-11-13-21(27-15-17)25(32)29(2)3)22(26(33)34-4)30(24(19)28-16)18-8-6-5-7-9-18/h5-13,15H,14H2,1-4H3. The van der Waals surface area contributed by atoms with Crippen molar-refractivity contribution in [1.82, 2.24) is 19.4 Å². The van der Waals surface area contributed by atoms with Crippen LogP contribution < -0.4 is 5.43 Å². The first-order valence-electron chi connectivity index (χ1n) is 10.7. The maximum Gasteiger partial charge on any atom is 0.355 e. The number of amides is 1. The number of esters is 1. The van der Waals surface area contributed by atoms with Gasteiger partial charge in [-0.1, -0.05) is 24.3 Å². The summed E-state index contributed by atoms with van der Waals surface area (Å²) in [4.78, 5) is 49.1. The average Bonchev–Trinajstić information content (AvgIpc) is 2.85. The molecule has 4 aromatic rings. The fourth-order valence-electron chi connectivity index (χ4n) is 3.79. The lowest BCUT2D eigenvalue weighted by Crippen LogP contribution is -2.25. The molecule has 0 N–H and O–H groups in total. The van der Waals surface area contributed by atoms with Crippen LogP contribution >= 0.6 is 0 Å². The lowest BCUT2D eigenvalue weighted by molar-refractivity contribution is 0.0589. The fraction of sp³-hybridized carbons (Fsp3) is 0.192. The zero-order chi connectivity index (χ0) is 24.4. The Morgan fingerprint density at radius 3 is 2.38 bits per heavy atom. The summed E-state index contributed by atoms with van der Waals surface area (Å²) in [5.74, 6) is -0.867. The maximum atomic E-state index is 13.6. The molecule has 34 heavy (non-hydrogen) atoms. The average molecular weight is 457 g/mol. The zero-order valence-electron chi connectivity index (χ0n) is 19.4. The van der Waals surface area contributed by atoms with Gasteiger partial charge in [-0.25, -0.2) is 9.78 Å². The molecule has 0 radical (unpaired) electrons. The van der Waals surface area contributed by atoms with E-state index in [-0.39, 0.29) is 29.0 Å². The first-order chi connectivity index (χ1) is 16.3. The van der Waals surface area contributed by atoms with Crippen LogP contribution in [0.25, 0.3) is 16.7 Å². The van der Waals surface area contributed by atoms with Gasteiger partial charge in [-0.2, -0.15) is 0 Å². The molecule has 0 spiro atoms. The number of hydrogen-bond donors (Lipinski definition) is 0. The minimum absolute atomic E-state index is 0.109. The molecule has 0 bridgehead atoms. The number of aromatic nitrogens is 3. The van der Waals surface area contributed by atoms with E-state index in [0.29, 0.717) is 33.7 Å². The van der Waals surface area contributed by atoms with Crippen LogP contribution in [0.1, 0.15) is 37.8 Å². The molecule has 0 saturated heterocycles. The van der Waals surface area contributed by atoms with Gasteiger partial charge in [0.05, 0.1) is 12.5 Å². The summed E-state index contributed by atoms with van der Waals surface area (Å²) in [6.07, 6.45) is 1.67. The van der Waals surface area contributed by atoms with Crippen molar-refractivity contribution in [2.24, 2.45) is 0 Å². The van der Waals surface area contributed by atoms with Gasteiger partial charge in [0, 0.05) is 43.7 Å². The second-order valence-electron chi connectivity index (χ2n) is 8.07. The van der Waals surface area contributed by atoms with Crippen LogP contribution in [-0.2, 0) is 11.2 Å². The summed E-state index contributed by atoms with van der Waals surface area (Å²) >= 11 is 0. The van der Waals surface area contributed by atoms with Gasteiger partial charge in [-0.3, -0.25) is 19.1 Å². The number of rotatable bonds is 5. The molecule has 0 atom stereocenters. The number of carbonyl (C=O) groups excluding carboxylic acids is 2. The van der Waals surface area contributed by atoms with E-state index >= 15 is 0 Å². The zero-order valence-corrected chi connectivity index (χ0v) is 19.4. The number of ether oxygens (including phenoxy) is 1. The Balaban J connectivity index is 1.97. The maximum absolute atomic E-state index is 13.6. The molecular formula is C26H24N4O4. The normalized spacial score (nSPS) is 10.8. The summed E-state index contributed by atoms with van der Waals surface area (Å²) in [5.41, 5.74) is 2.82. The summed E-state index contributed by atoms with van der Waals surface area (Å²) < 4.78 is 6.76. The van der Waals surface area contributed by atoms with Crippen LogP contribution in [-0.4, -0.2) is 52.5 Å². The van der Waals surface area contributed by atoms with Crippen molar-refractivity contribution in [3.63, 3.8) is 0 Å². The molecule has 0 unspecified atom stereocenters. The highest BCUT2D eigenvalue weighted by Crippen LogP contribution is 2.23. The van der Waals surface area contributed by atoms with Crippen molar-refractivity contribution >= 4 is 22.9 Å². The van der Waals surface area contributed by atoms with E-state index in [9.17, 15) is 14.4 Å². The second kappa shape index (κ2) is 9.27. The molecule has 1 aromatic carbocycles. The van der Waals surface area contributed by atoms with Crippen LogP contribution in [0.15, 0.2) is 65.6 Å². The van der Waals surface area contributed by atoms with Gasteiger partial charge in [-0.15, -0.1) is 0 Å². The number of nitrogens with zero attached hydrogens (tertiary/aromatic N) is 4. The third-order valence-electron chi connectivity index (χ3n) is 5.48. The van der Waals surface area contributed by atoms with E-state index < -0.39 is 5.97 Å². The molecule has 0 aliphatic heterocycles. The van der Waals surface area contributed by atoms with Gasteiger partial charge in [0.15, 0.2) is 5.43 Å². The SMILES string of the molecule is COC(=O)c1c(Cc2ccc(C(=O)N(C)C)nc2)c(=O)c2ccc(C)nc2n1-c1ccccc1. The van der Waals surface area contributed by atoms with Gasteiger partial charge in [-0.05, 0) is 42.8 Å². The van der Waals surface area contributed by atoms with E-state index in [1.807, 2.05) is 37.3 Å². The number of methoxy groups -OCH3 is 1. The number of carbonyl (C=O) groups is 2. The third-order valence-corrected chi connectivity index (χ3v) is 5.48. The number of para-hydroxylation sites is 1. The molecule has 0 aliphatic carbocycles. The van der Waals surface area contributed by atoms with Gasteiger partial charge in [0.25, 0.3) is 5.91 Å². The summed E-state index contributed by atoms with van der Waals surface area (Å²) in [6.45, 7) is 1.83. The Kier molecular flexibility index (Phi) is 6.23. The van der Waals surface area contributed by atoms with E-state index in [1.165, 1.54) is 12.0 Å². The van der Waals surface area contributed by atoms with Gasteiger partial charge >= 0.3 is 5.97 Å². The molecule has 8 nitrogen and oxygen atoms in total. The Labute approximate surface area is 196 Å². The van der Waals surface area contributed by atoms with Crippen LogP contribution in [0.3, 0.4) is 0 Å². The number of hydrogen-bond acceptors (Lipinski definition) is 6. The lowest BCUT2D eigenvalue weighted by atomic mass is 10.0.